The molecule has 0 fully saturated rings. The van der Waals surface area contributed by atoms with Crippen LogP contribution in [0.25, 0.3) is 22.1 Å². The minimum absolute atomic E-state index is 0.273. The third-order valence-electron chi connectivity index (χ3n) is 4.72. The van der Waals surface area contributed by atoms with E-state index in [1.807, 2.05) is 6.07 Å². The van der Waals surface area contributed by atoms with Crippen molar-refractivity contribution < 1.29 is 23.0 Å². The zero-order chi connectivity index (χ0) is 21.1. The Kier molecular flexibility index (Phi) is 5.39. The van der Waals surface area contributed by atoms with Gasteiger partial charge in [0.2, 0.25) is 0 Å². The number of ether oxygens (including phenoxy) is 3. The monoisotopic (exact) mass is 406 g/mol. The lowest BCUT2D eigenvalue weighted by molar-refractivity contribution is 0.306. The number of hydrogen-bond donors (Lipinski definition) is 0. The zero-order valence-electron chi connectivity index (χ0n) is 16.5. The number of hydrogen-bond acceptors (Lipinski definition) is 5. The van der Waals surface area contributed by atoms with Gasteiger partial charge in [-0.25, -0.2) is 9.18 Å². The molecule has 0 spiro atoms. The summed E-state index contributed by atoms with van der Waals surface area (Å²) in [5.41, 5.74) is 1.70. The van der Waals surface area contributed by atoms with Crippen LogP contribution in [0.1, 0.15) is 5.56 Å². The van der Waals surface area contributed by atoms with E-state index >= 15 is 0 Å². The molecule has 0 N–H and O–H groups in total. The zero-order valence-corrected chi connectivity index (χ0v) is 16.5. The maximum absolute atomic E-state index is 13.0. The molecule has 0 aliphatic rings. The van der Waals surface area contributed by atoms with E-state index in [2.05, 4.69) is 0 Å². The highest BCUT2D eigenvalue weighted by atomic mass is 19.1. The third-order valence-corrected chi connectivity index (χ3v) is 4.72. The van der Waals surface area contributed by atoms with Crippen LogP contribution in [-0.4, -0.2) is 14.2 Å². The van der Waals surface area contributed by atoms with Gasteiger partial charge >= 0.3 is 5.63 Å². The molecular formula is C24H19FO5. The van der Waals surface area contributed by atoms with Gasteiger partial charge in [0.15, 0.2) is 0 Å². The van der Waals surface area contributed by atoms with Crippen molar-refractivity contribution in [1.29, 1.82) is 0 Å². The van der Waals surface area contributed by atoms with Crippen molar-refractivity contribution in [1.82, 2.24) is 0 Å². The fraction of sp³-hybridized carbons (Fsp3) is 0.125. The number of benzene rings is 3. The first-order valence-electron chi connectivity index (χ1n) is 9.25. The Bertz CT molecular complexity index is 1240. The van der Waals surface area contributed by atoms with Crippen molar-refractivity contribution in [2.24, 2.45) is 0 Å². The van der Waals surface area contributed by atoms with Crippen molar-refractivity contribution >= 4 is 11.0 Å². The molecule has 0 aliphatic heterocycles. The molecule has 0 aliphatic carbocycles. The summed E-state index contributed by atoms with van der Waals surface area (Å²) in [5.74, 6) is 1.40. The topological polar surface area (TPSA) is 57.9 Å². The van der Waals surface area contributed by atoms with E-state index in [0.717, 1.165) is 10.9 Å². The average molecular weight is 406 g/mol. The highest BCUT2D eigenvalue weighted by Crippen LogP contribution is 2.33. The van der Waals surface area contributed by atoms with Crippen LogP contribution in [0, 0.1) is 5.82 Å². The summed E-state index contributed by atoms with van der Waals surface area (Å²) in [4.78, 5) is 12.7. The molecule has 0 amide bonds. The normalized spacial score (nSPS) is 10.8. The summed E-state index contributed by atoms with van der Waals surface area (Å²) in [5, 5.41) is 0.739. The first-order valence-corrected chi connectivity index (χ1v) is 9.25. The molecule has 0 radical (unpaired) electrons. The average Bonchev–Trinajstić information content (AvgIpc) is 2.77. The second kappa shape index (κ2) is 8.29. The summed E-state index contributed by atoms with van der Waals surface area (Å²) in [7, 11) is 3.10. The number of rotatable bonds is 6. The Morgan fingerprint density at radius 2 is 1.60 bits per heavy atom. The number of methoxy groups -OCH3 is 2. The van der Waals surface area contributed by atoms with Crippen molar-refractivity contribution in [2.45, 2.75) is 6.61 Å². The highest BCUT2D eigenvalue weighted by molar-refractivity contribution is 5.84. The van der Waals surface area contributed by atoms with Crippen LogP contribution in [0.4, 0.5) is 4.39 Å². The van der Waals surface area contributed by atoms with Crippen molar-refractivity contribution in [3.63, 3.8) is 0 Å². The second-order valence-electron chi connectivity index (χ2n) is 6.63. The second-order valence-corrected chi connectivity index (χ2v) is 6.63. The lowest BCUT2D eigenvalue weighted by atomic mass is 10.0. The van der Waals surface area contributed by atoms with Crippen LogP contribution in [0.5, 0.6) is 17.2 Å². The van der Waals surface area contributed by atoms with Gasteiger partial charge in [0.1, 0.15) is 35.3 Å². The summed E-state index contributed by atoms with van der Waals surface area (Å²) < 4.78 is 34.9. The standard InChI is InChI=1S/C24H19FO5/c1-27-18-9-10-22(28-2)20(12-18)21-11-16-5-8-19(13-23(16)30-24(21)26)29-14-15-3-6-17(25)7-4-15/h3-13H,14H2,1-2H3. The van der Waals surface area contributed by atoms with E-state index in [-0.39, 0.29) is 12.4 Å². The first-order chi connectivity index (χ1) is 14.6. The molecule has 1 aromatic heterocycles. The molecule has 152 valence electrons. The van der Waals surface area contributed by atoms with Gasteiger partial charge in [-0.2, -0.15) is 0 Å². The summed E-state index contributed by atoms with van der Waals surface area (Å²) in [6.07, 6.45) is 0. The molecular weight excluding hydrogens is 387 g/mol. The summed E-state index contributed by atoms with van der Waals surface area (Å²) in [6, 6.07) is 18.3. The van der Waals surface area contributed by atoms with E-state index in [0.29, 0.717) is 34.0 Å². The SMILES string of the molecule is COc1ccc(OC)c(-c2cc3ccc(OCc4ccc(F)cc4)cc3oc2=O)c1. The van der Waals surface area contributed by atoms with Crippen molar-refractivity contribution in [3.8, 4) is 28.4 Å². The Morgan fingerprint density at radius 1 is 0.833 bits per heavy atom. The minimum atomic E-state index is -0.496. The van der Waals surface area contributed by atoms with Crippen LogP contribution >= 0.6 is 0 Å². The highest BCUT2D eigenvalue weighted by Gasteiger charge is 2.14. The summed E-state index contributed by atoms with van der Waals surface area (Å²) >= 11 is 0. The van der Waals surface area contributed by atoms with Crippen LogP contribution < -0.4 is 19.8 Å². The molecule has 0 atom stereocenters. The van der Waals surface area contributed by atoms with E-state index < -0.39 is 5.63 Å². The van der Waals surface area contributed by atoms with E-state index in [9.17, 15) is 9.18 Å². The fourth-order valence-electron chi connectivity index (χ4n) is 3.14. The van der Waals surface area contributed by atoms with Crippen LogP contribution in [-0.2, 0) is 6.61 Å². The number of halogens is 1. The molecule has 4 rings (SSSR count). The lowest BCUT2D eigenvalue weighted by Crippen LogP contribution is -2.04. The molecule has 0 saturated carbocycles. The van der Waals surface area contributed by atoms with Crippen LogP contribution in [0.15, 0.2) is 75.9 Å². The molecule has 6 heteroatoms. The van der Waals surface area contributed by atoms with Gasteiger partial charge in [0.05, 0.1) is 19.8 Å². The molecule has 5 nitrogen and oxygen atoms in total. The smallest absolute Gasteiger partial charge is 0.344 e. The van der Waals surface area contributed by atoms with Gasteiger partial charge in [-0.1, -0.05) is 12.1 Å². The maximum atomic E-state index is 13.0. The van der Waals surface area contributed by atoms with E-state index in [1.165, 1.54) is 12.1 Å². The molecule has 0 saturated heterocycles. The Morgan fingerprint density at radius 3 is 2.33 bits per heavy atom. The number of fused-ring (bicyclic) bond motifs is 1. The van der Waals surface area contributed by atoms with Gasteiger partial charge in [-0.05, 0) is 54.1 Å². The van der Waals surface area contributed by atoms with Crippen molar-refractivity contribution in [2.75, 3.05) is 14.2 Å². The molecule has 0 unspecified atom stereocenters. The van der Waals surface area contributed by atoms with Crippen LogP contribution in [0.2, 0.25) is 0 Å². The first kappa shape index (κ1) is 19.5. The molecule has 4 aromatic rings. The predicted octanol–water partition coefficient (Wildman–Crippen LogP) is 5.20. The van der Waals surface area contributed by atoms with Gasteiger partial charge in [0, 0.05) is 17.0 Å². The van der Waals surface area contributed by atoms with Gasteiger partial charge in [-0.15, -0.1) is 0 Å². The van der Waals surface area contributed by atoms with Gasteiger partial charge in [-0.3, -0.25) is 0 Å². The molecule has 1 heterocycles. The van der Waals surface area contributed by atoms with Gasteiger partial charge in [0.25, 0.3) is 0 Å². The molecule has 30 heavy (non-hydrogen) atoms. The van der Waals surface area contributed by atoms with Crippen molar-refractivity contribution in [3.05, 3.63) is 88.5 Å². The molecule has 3 aromatic carbocycles. The predicted molar refractivity (Wildman–Crippen MR) is 112 cm³/mol. The minimum Gasteiger partial charge on any atom is -0.497 e. The van der Waals surface area contributed by atoms with E-state index in [1.54, 1.807) is 62.8 Å². The summed E-state index contributed by atoms with van der Waals surface area (Å²) in [6.45, 7) is 0.273. The quantitative estimate of drug-likeness (QED) is 0.412. The molecule has 0 bridgehead atoms. The fourth-order valence-corrected chi connectivity index (χ4v) is 3.14. The van der Waals surface area contributed by atoms with Crippen LogP contribution in [0.3, 0.4) is 0 Å². The third kappa shape index (κ3) is 3.98. The lowest BCUT2D eigenvalue weighted by Gasteiger charge is -2.11. The largest absolute Gasteiger partial charge is 0.497 e. The Labute approximate surface area is 172 Å². The van der Waals surface area contributed by atoms with Gasteiger partial charge < -0.3 is 18.6 Å². The van der Waals surface area contributed by atoms with E-state index in [4.69, 9.17) is 18.6 Å². The Balaban J connectivity index is 1.66. The maximum Gasteiger partial charge on any atom is 0.344 e. The Hall–Kier alpha value is -3.80.